The third-order valence-corrected chi connectivity index (χ3v) is 5.73. The lowest BCUT2D eigenvalue weighted by molar-refractivity contribution is 0.0620. The van der Waals surface area contributed by atoms with E-state index in [1.807, 2.05) is 35.0 Å². The first-order chi connectivity index (χ1) is 11.8. The standard InChI is InChI=1S/C20H21N3O/c24-20(21-18-13-22-8-5-15(18)6-9-22)16-11-19-17-4-2-1-3-14(17)7-10-23(19)12-16/h1-4,7,10-12,15,18H,5-6,8-9,13H2,(H,21,24)/t18-/m0/s1. The van der Waals surface area contributed by atoms with Crippen LogP contribution in [-0.2, 0) is 0 Å². The number of fused-ring (bicyclic) bond motifs is 6. The quantitative estimate of drug-likeness (QED) is 0.788. The molecule has 3 aliphatic heterocycles. The average Bonchev–Trinajstić information content (AvgIpc) is 3.08. The van der Waals surface area contributed by atoms with Crippen LogP contribution in [0.3, 0.4) is 0 Å². The maximum absolute atomic E-state index is 12.8. The Kier molecular flexibility index (Phi) is 3.13. The molecular formula is C20H21N3O. The highest BCUT2D eigenvalue weighted by molar-refractivity contribution is 6.01. The van der Waals surface area contributed by atoms with Crippen molar-refractivity contribution in [3.63, 3.8) is 0 Å². The third kappa shape index (κ3) is 2.21. The predicted octanol–water partition coefficient (Wildman–Crippen LogP) is 2.92. The minimum Gasteiger partial charge on any atom is -0.348 e. The van der Waals surface area contributed by atoms with Crippen molar-refractivity contribution in [1.29, 1.82) is 0 Å². The van der Waals surface area contributed by atoms with Crippen molar-refractivity contribution >= 4 is 22.2 Å². The van der Waals surface area contributed by atoms with Gasteiger partial charge in [0.15, 0.2) is 0 Å². The third-order valence-electron chi connectivity index (χ3n) is 5.73. The number of hydrogen-bond donors (Lipinski definition) is 1. The van der Waals surface area contributed by atoms with E-state index in [0.717, 1.165) is 17.6 Å². The molecule has 24 heavy (non-hydrogen) atoms. The molecule has 2 bridgehead atoms. The van der Waals surface area contributed by atoms with Crippen LogP contribution in [0.5, 0.6) is 0 Å². The van der Waals surface area contributed by atoms with Crippen LogP contribution in [0.1, 0.15) is 23.2 Å². The SMILES string of the molecule is O=C(N[C@H]1CN2CCC1CC2)c1cc2c3ccccc3ccn2c1. The van der Waals surface area contributed by atoms with Gasteiger partial charge in [0.2, 0.25) is 0 Å². The van der Waals surface area contributed by atoms with E-state index in [2.05, 4.69) is 28.4 Å². The molecule has 0 unspecified atom stereocenters. The second kappa shape index (κ2) is 5.35. The first-order valence-corrected chi connectivity index (χ1v) is 8.80. The Labute approximate surface area is 141 Å². The first kappa shape index (κ1) is 14.1. The minimum absolute atomic E-state index is 0.0570. The van der Waals surface area contributed by atoms with Gasteiger partial charge in [-0.3, -0.25) is 4.79 Å². The maximum Gasteiger partial charge on any atom is 0.253 e. The lowest BCUT2D eigenvalue weighted by Gasteiger charge is -2.44. The monoisotopic (exact) mass is 319 g/mol. The van der Waals surface area contributed by atoms with Crippen molar-refractivity contribution in [1.82, 2.24) is 14.6 Å². The van der Waals surface area contributed by atoms with Crippen molar-refractivity contribution in [2.45, 2.75) is 18.9 Å². The van der Waals surface area contributed by atoms with E-state index in [4.69, 9.17) is 0 Å². The Balaban J connectivity index is 1.46. The van der Waals surface area contributed by atoms with Crippen molar-refractivity contribution < 1.29 is 4.79 Å². The lowest BCUT2D eigenvalue weighted by atomic mass is 9.84. The number of benzene rings is 1. The first-order valence-electron chi connectivity index (χ1n) is 8.80. The molecule has 1 amide bonds. The fourth-order valence-corrected chi connectivity index (χ4v) is 4.36. The highest BCUT2D eigenvalue weighted by Gasteiger charge is 2.35. The molecule has 4 heteroatoms. The number of hydrogen-bond acceptors (Lipinski definition) is 2. The van der Waals surface area contributed by atoms with Gasteiger partial charge in [-0.15, -0.1) is 0 Å². The van der Waals surface area contributed by atoms with Gasteiger partial charge in [-0.05, 0) is 49.4 Å². The van der Waals surface area contributed by atoms with Gasteiger partial charge in [-0.2, -0.15) is 0 Å². The molecule has 122 valence electrons. The summed E-state index contributed by atoms with van der Waals surface area (Å²) in [5.41, 5.74) is 1.84. The molecule has 0 aliphatic carbocycles. The topological polar surface area (TPSA) is 36.8 Å². The summed E-state index contributed by atoms with van der Waals surface area (Å²) in [5, 5.41) is 5.67. The van der Waals surface area contributed by atoms with E-state index in [-0.39, 0.29) is 5.91 Å². The van der Waals surface area contributed by atoms with E-state index in [1.165, 1.54) is 36.7 Å². The van der Waals surface area contributed by atoms with Gasteiger partial charge >= 0.3 is 0 Å². The smallest absolute Gasteiger partial charge is 0.253 e. The van der Waals surface area contributed by atoms with Gasteiger partial charge in [-0.1, -0.05) is 24.3 Å². The van der Waals surface area contributed by atoms with Crippen molar-refractivity contribution in [2.24, 2.45) is 5.92 Å². The van der Waals surface area contributed by atoms with Crippen LogP contribution in [0, 0.1) is 5.92 Å². The molecule has 0 radical (unpaired) electrons. The van der Waals surface area contributed by atoms with E-state index < -0.39 is 0 Å². The Morgan fingerprint density at radius 2 is 1.96 bits per heavy atom. The van der Waals surface area contributed by atoms with Crippen LogP contribution in [-0.4, -0.2) is 40.9 Å². The molecule has 6 rings (SSSR count). The van der Waals surface area contributed by atoms with Crippen LogP contribution in [0.4, 0.5) is 0 Å². The largest absolute Gasteiger partial charge is 0.348 e. The minimum atomic E-state index is 0.0570. The highest BCUT2D eigenvalue weighted by atomic mass is 16.1. The number of carbonyl (C=O) groups is 1. The van der Waals surface area contributed by atoms with Crippen molar-refractivity contribution in [2.75, 3.05) is 19.6 Å². The van der Waals surface area contributed by atoms with Gasteiger partial charge in [0, 0.05) is 30.4 Å². The summed E-state index contributed by atoms with van der Waals surface area (Å²) in [6.07, 6.45) is 6.40. The molecule has 3 aromatic rings. The number of aromatic nitrogens is 1. The molecule has 1 N–H and O–H groups in total. The summed E-state index contributed by atoms with van der Waals surface area (Å²) >= 11 is 0. The van der Waals surface area contributed by atoms with Crippen LogP contribution in [0.15, 0.2) is 48.8 Å². The van der Waals surface area contributed by atoms with E-state index in [1.54, 1.807) is 0 Å². The fraction of sp³-hybridized carbons (Fsp3) is 0.350. The number of piperidine rings is 3. The lowest BCUT2D eigenvalue weighted by Crippen LogP contribution is -2.57. The second-order valence-electron chi connectivity index (χ2n) is 7.14. The number of rotatable bonds is 2. The van der Waals surface area contributed by atoms with E-state index in [0.29, 0.717) is 12.0 Å². The summed E-state index contributed by atoms with van der Waals surface area (Å²) in [4.78, 5) is 15.2. The van der Waals surface area contributed by atoms with Crippen LogP contribution in [0.2, 0.25) is 0 Å². The van der Waals surface area contributed by atoms with Gasteiger partial charge in [0.1, 0.15) is 0 Å². The van der Waals surface area contributed by atoms with Gasteiger partial charge in [0.05, 0.1) is 11.1 Å². The molecule has 3 aliphatic rings. The Hall–Kier alpha value is -2.33. The molecule has 0 saturated carbocycles. The molecule has 5 heterocycles. The number of carbonyl (C=O) groups excluding carboxylic acids is 1. The molecule has 1 aromatic carbocycles. The Bertz CT molecular complexity index is 921. The van der Waals surface area contributed by atoms with Gasteiger partial charge in [0.25, 0.3) is 5.91 Å². The van der Waals surface area contributed by atoms with Crippen molar-refractivity contribution in [3.05, 3.63) is 54.4 Å². The summed E-state index contributed by atoms with van der Waals surface area (Å²) in [6.45, 7) is 3.39. The zero-order valence-corrected chi connectivity index (χ0v) is 13.6. The fourth-order valence-electron chi connectivity index (χ4n) is 4.36. The van der Waals surface area contributed by atoms with Crippen LogP contribution < -0.4 is 5.32 Å². The number of nitrogens with one attached hydrogen (secondary N) is 1. The maximum atomic E-state index is 12.8. The van der Waals surface area contributed by atoms with E-state index >= 15 is 0 Å². The molecule has 0 spiro atoms. The Morgan fingerprint density at radius 3 is 2.75 bits per heavy atom. The van der Waals surface area contributed by atoms with Gasteiger partial charge < -0.3 is 14.6 Å². The van der Waals surface area contributed by atoms with Crippen LogP contribution in [0.25, 0.3) is 16.3 Å². The van der Waals surface area contributed by atoms with E-state index in [9.17, 15) is 4.79 Å². The molecule has 1 atom stereocenters. The molecule has 3 saturated heterocycles. The molecule has 3 fully saturated rings. The molecule has 4 nitrogen and oxygen atoms in total. The van der Waals surface area contributed by atoms with Crippen molar-refractivity contribution in [3.8, 4) is 0 Å². The summed E-state index contributed by atoms with van der Waals surface area (Å²) in [6, 6.07) is 12.7. The second-order valence-corrected chi connectivity index (χ2v) is 7.14. The normalized spacial score (nSPS) is 26.1. The van der Waals surface area contributed by atoms with Gasteiger partial charge in [-0.25, -0.2) is 0 Å². The summed E-state index contributed by atoms with van der Waals surface area (Å²) in [5.74, 6) is 0.707. The summed E-state index contributed by atoms with van der Waals surface area (Å²) < 4.78 is 2.05. The zero-order chi connectivity index (χ0) is 16.1. The Morgan fingerprint density at radius 1 is 1.12 bits per heavy atom. The summed E-state index contributed by atoms with van der Waals surface area (Å²) in [7, 11) is 0. The highest BCUT2D eigenvalue weighted by Crippen LogP contribution is 2.28. The molecule has 2 aromatic heterocycles. The zero-order valence-electron chi connectivity index (χ0n) is 13.6. The number of amides is 1. The number of pyridine rings is 1. The van der Waals surface area contributed by atoms with Crippen LogP contribution >= 0.6 is 0 Å². The average molecular weight is 319 g/mol. The molecular weight excluding hydrogens is 298 g/mol. The predicted molar refractivity (Wildman–Crippen MR) is 95.3 cm³/mol. The number of nitrogens with zero attached hydrogens (tertiary/aromatic N) is 2.